The average Bonchev–Trinajstić information content (AvgIpc) is 2.36. The van der Waals surface area contributed by atoms with Crippen LogP contribution in [0.15, 0.2) is 18.2 Å². The number of halogens is 1. The molecule has 1 aliphatic rings. The van der Waals surface area contributed by atoms with E-state index in [-0.39, 0.29) is 16.8 Å². The van der Waals surface area contributed by atoms with Gasteiger partial charge in [0.05, 0.1) is 11.2 Å². The quantitative estimate of drug-likeness (QED) is 0.647. The van der Waals surface area contributed by atoms with E-state index >= 15 is 0 Å². The van der Waals surface area contributed by atoms with Crippen LogP contribution in [0.1, 0.15) is 18.4 Å². The minimum absolute atomic E-state index is 0.0997. The Kier molecular flexibility index (Phi) is 5.38. The lowest BCUT2D eigenvalue weighted by Gasteiger charge is -2.32. The first-order valence-corrected chi connectivity index (χ1v) is 9.14. The number of piperidine rings is 1. The molecule has 0 amide bonds. The number of nitrogens with zero attached hydrogens (tertiary/aromatic N) is 2. The molecule has 2 rings (SSSR count). The topological polar surface area (TPSA) is 92.6 Å². The zero-order chi connectivity index (χ0) is 16.3. The smallest absolute Gasteiger partial charge is 0.287 e. The molecule has 122 valence electrons. The van der Waals surface area contributed by atoms with Gasteiger partial charge in [-0.25, -0.2) is 13.1 Å². The normalized spacial score (nSPS) is 20.0. The molecule has 1 atom stereocenters. The molecule has 7 nitrogen and oxygen atoms in total. The number of nitrogens with one attached hydrogen (secondary N) is 1. The van der Waals surface area contributed by atoms with Gasteiger partial charge in [0, 0.05) is 25.2 Å². The predicted octanol–water partition coefficient (Wildman–Crippen LogP) is 1.76. The lowest BCUT2D eigenvalue weighted by atomic mass is 10.1. The highest BCUT2D eigenvalue weighted by atomic mass is 35.5. The van der Waals surface area contributed by atoms with E-state index in [1.165, 1.54) is 6.07 Å². The van der Waals surface area contributed by atoms with Crippen molar-refractivity contribution in [3.8, 4) is 0 Å². The second-order valence-corrected chi connectivity index (χ2v) is 7.69. The Labute approximate surface area is 134 Å². The summed E-state index contributed by atoms with van der Waals surface area (Å²) in [5.74, 6) is 0. The summed E-state index contributed by atoms with van der Waals surface area (Å²) in [6, 6.07) is 4.57. The van der Waals surface area contributed by atoms with Crippen LogP contribution in [0.4, 0.5) is 5.69 Å². The molecule has 1 aromatic rings. The van der Waals surface area contributed by atoms with Gasteiger partial charge in [-0.05, 0) is 31.0 Å². The molecule has 0 aromatic heterocycles. The first kappa shape index (κ1) is 17.1. The Bertz CT molecular complexity index is 665. The van der Waals surface area contributed by atoms with Crippen molar-refractivity contribution in [2.75, 3.05) is 19.3 Å². The minimum atomic E-state index is -3.21. The second kappa shape index (κ2) is 6.91. The second-order valence-electron chi connectivity index (χ2n) is 5.51. The third-order valence-electron chi connectivity index (χ3n) is 3.50. The van der Waals surface area contributed by atoms with Gasteiger partial charge in [0.25, 0.3) is 5.69 Å². The monoisotopic (exact) mass is 347 g/mol. The van der Waals surface area contributed by atoms with Gasteiger partial charge in [0.1, 0.15) is 5.02 Å². The van der Waals surface area contributed by atoms with Crippen LogP contribution in [0.3, 0.4) is 0 Å². The molecule has 0 aliphatic carbocycles. The summed E-state index contributed by atoms with van der Waals surface area (Å²) < 4.78 is 25.2. The van der Waals surface area contributed by atoms with Crippen molar-refractivity contribution in [1.82, 2.24) is 9.62 Å². The van der Waals surface area contributed by atoms with Crippen molar-refractivity contribution in [3.63, 3.8) is 0 Å². The van der Waals surface area contributed by atoms with Gasteiger partial charge in [-0.2, -0.15) is 0 Å². The van der Waals surface area contributed by atoms with Crippen LogP contribution in [-0.2, 0) is 16.6 Å². The Balaban J connectivity index is 2.01. The molecule has 1 saturated heterocycles. The Morgan fingerprint density at radius 1 is 1.50 bits per heavy atom. The van der Waals surface area contributed by atoms with Gasteiger partial charge in [0.2, 0.25) is 10.0 Å². The zero-order valence-electron chi connectivity index (χ0n) is 12.2. The number of nitro groups is 1. The van der Waals surface area contributed by atoms with Gasteiger partial charge in [-0.3, -0.25) is 15.0 Å². The van der Waals surface area contributed by atoms with Gasteiger partial charge in [-0.15, -0.1) is 0 Å². The molecule has 1 aliphatic heterocycles. The standard InChI is InChI=1S/C13H18ClN3O4S/c1-22(20,21)15-11-3-2-6-16(9-11)8-10-4-5-13(17(18)19)12(14)7-10/h4-5,7,11,15H,2-3,6,8-9H2,1H3. The number of rotatable bonds is 5. The molecule has 1 fully saturated rings. The number of hydrogen-bond acceptors (Lipinski definition) is 5. The van der Waals surface area contributed by atoms with Crippen molar-refractivity contribution in [2.45, 2.75) is 25.4 Å². The Morgan fingerprint density at radius 2 is 2.23 bits per heavy atom. The van der Waals surface area contributed by atoms with E-state index in [1.807, 2.05) is 0 Å². The number of likely N-dealkylation sites (tertiary alicyclic amines) is 1. The van der Waals surface area contributed by atoms with Crippen molar-refractivity contribution in [3.05, 3.63) is 38.9 Å². The van der Waals surface area contributed by atoms with Gasteiger partial charge < -0.3 is 0 Å². The van der Waals surface area contributed by atoms with Crippen LogP contribution in [0.25, 0.3) is 0 Å². The van der Waals surface area contributed by atoms with Gasteiger partial charge >= 0.3 is 0 Å². The fraction of sp³-hybridized carbons (Fsp3) is 0.538. The van der Waals surface area contributed by atoms with E-state index in [0.717, 1.165) is 31.2 Å². The molecular weight excluding hydrogens is 330 g/mol. The number of benzene rings is 1. The lowest BCUT2D eigenvalue weighted by Crippen LogP contribution is -2.46. The van der Waals surface area contributed by atoms with Crippen molar-refractivity contribution < 1.29 is 13.3 Å². The summed E-state index contributed by atoms with van der Waals surface area (Å²) >= 11 is 5.91. The average molecular weight is 348 g/mol. The van der Waals surface area contributed by atoms with E-state index in [0.29, 0.717) is 13.1 Å². The van der Waals surface area contributed by atoms with Crippen LogP contribution in [0.2, 0.25) is 5.02 Å². The summed E-state index contributed by atoms with van der Waals surface area (Å²) in [5, 5.41) is 10.9. The van der Waals surface area contributed by atoms with Crippen molar-refractivity contribution >= 4 is 27.3 Å². The maximum atomic E-state index is 11.3. The molecule has 0 saturated carbocycles. The largest absolute Gasteiger partial charge is 0.298 e. The lowest BCUT2D eigenvalue weighted by molar-refractivity contribution is -0.384. The summed E-state index contributed by atoms with van der Waals surface area (Å²) in [4.78, 5) is 12.3. The molecule has 1 N–H and O–H groups in total. The van der Waals surface area contributed by atoms with E-state index in [1.54, 1.807) is 12.1 Å². The summed E-state index contributed by atoms with van der Waals surface area (Å²) in [6.45, 7) is 2.05. The third kappa shape index (κ3) is 4.91. The molecule has 1 aromatic carbocycles. The summed E-state index contributed by atoms with van der Waals surface area (Å²) in [7, 11) is -3.21. The first-order valence-electron chi connectivity index (χ1n) is 6.87. The maximum Gasteiger partial charge on any atom is 0.287 e. The summed E-state index contributed by atoms with van der Waals surface area (Å²) in [5.41, 5.74) is 0.760. The third-order valence-corrected chi connectivity index (χ3v) is 4.57. The summed E-state index contributed by atoms with van der Waals surface area (Å²) in [6.07, 6.45) is 2.86. The number of sulfonamides is 1. The SMILES string of the molecule is CS(=O)(=O)NC1CCCN(Cc2ccc([N+](=O)[O-])c(Cl)c2)C1. The number of nitro benzene ring substituents is 1. The Morgan fingerprint density at radius 3 is 2.82 bits per heavy atom. The minimum Gasteiger partial charge on any atom is -0.298 e. The highest BCUT2D eigenvalue weighted by Gasteiger charge is 2.22. The van der Waals surface area contributed by atoms with Crippen LogP contribution in [0, 0.1) is 10.1 Å². The molecule has 0 spiro atoms. The molecule has 1 unspecified atom stereocenters. The van der Waals surface area contributed by atoms with E-state index in [4.69, 9.17) is 11.6 Å². The molecule has 9 heteroatoms. The van der Waals surface area contributed by atoms with Crippen molar-refractivity contribution in [2.24, 2.45) is 0 Å². The van der Waals surface area contributed by atoms with Gasteiger partial charge in [0.15, 0.2) is 0 Å². The highest BCUT2D eigenvalue weighted by molar-refractivity contribution is 7.88. The predicted molar refractivity (Wildman–Crippen MR) is 84.4 cm³/mol. The molecular formula is C13H18ClN3O4S. The molecule has 0 bridgehead atoms. The van der Waals surface area contributed by atoms with Crippen LogP contribution in [-0.4, -0.2) is 43.6 Å². The van der Waals surface area contributed by atoms with E-state index in [2.05, 4.69) is 9.62 Å². The first-order chi connectivity index (χ1) is 10.2. The van der Waals surface area contributed by atoms with Crippen molar-refractivity contribution in [1.29, 1.82) is 0 Å². The van der Waals surface area contributed by atoms with E-state index in [9.17, 15) is 18.5 Å². The molecule has 22 heavy (non-hydrogen) atoms. The fourth-order valence-corrected chi connectivity index (χ4v) is 3.72. The Hall–Kier alpha value is -1.22. The number of hydrogen-bond donors (Lipinski definition) is 1. The van der Waals surface area contributed by atoms with Crippen LogP contribution >= 0.6 is 11.6 Å². The highest BCUT2D eigenvalue weighted by Crippen LogP contribution is 2.26. The van der Waals surface area contributed by atoms with E-state index < -0.39 is 14.9 Å². The van der Waals surface area contributed by atoms with Crippen LogP contribution < -0.4 is 4.72 Å². The fourth-order valence-electron chi connectivity index (χ4n) is 2.65. The molecule has 0 radical (unpaired) electrons. The zero-order valence-corrected chi connectivity index (χ0v) is 13.7. The van der Waals surface area contributed by atoms with Crippen LogP contribution in [0.5, 0.6) is 0 Å². The molecule has 1 heterocycles. The maximum absolute atomic E-state index is 11.3. The van der Waals surface area contributed by atoms with Gasteiger partial charge in [-0.1, -0.05) is 17.7 Å².